The van der Waals surface area contributed by atoms with E-state index in [2.05, 4.69) is 31.3 Å². The molecule has 0 saturated carbocycles. The standard InChI is InChI=1S/C15H20N2O/c1-4-12(11-17-5-2)8-13-6-7-15(18-3)14(9-13)10-16/h6-9,17H,4-5,11H2,1-3H3. The summed E-state index contributed by atoms with van der Waals surface area (Å²) in [7, 11) is 1.58. The number of hydrogen-bond acceptors (Lipinski definition) is 3. The van der Waals surface area contributed by atoms with Crippen LogP contribution in [-0.2, 0) is 0 Å². The highest BCUT2D eigenvalue weighted by Gasteiger charge is 2.03. The van der Waals surface area contributed by atoms with Crippen LogP contribution in [0.3, 0.4) is 0 Å². The number of rotatable bonds is 6. The van der Waals surface area contributed by atoms with Crippen molar-refractivity contribution in [3.8, 4) is 11.8 Å². The van der Waals surface area contributed by atoms with E-state index < -0.39 is 0 Å². The molecule has 1 rings (SSSR count). The Morgan fingerprint density at radius 1 is 1.44 bits per heavy atom. The molecule has 18 heavy (non-hydrogen) atoms. The Morgan fingerprint density at radius 3 is 2.78 bits per heavy atom. The van der Waals surface area contributed by atoms with Crippen LogP contribution in [0.4, 0.5) is 0 Å². The SMILES string of the molecule is CCNCC(=Cc1ccc(OC)c(C#N)c1)CC. The van der Waals surface area contributed by atoms with Crippen molar-refractivity contribution in [2.45, 2.75) is 20.3 Å². The number of nitrogens with zero attached hydrogens (tertiary/aromatic N) is 1. The van der Waals surface area contributed by atoms with E-state index in [1.165, 1.54) is 5.57 Å². The molecule has 0 aliphatic carbocycles. The Labute approximate surface area is 109 Å². The first kappa shape index (κ1) is 14.3. The maximum absolute atomic E-state index is 9.04. The third-order valence-electron chi connectivity index (χ3n) is 2.77. The Bertz CT molecular complexity index is 458. The molecule has 1 aromatic rings. The van der Waals surface area contributed by atoms with Gasteiger partial charge in [-0.15, -0.1) is 0 Å². The first-order valence-corrected chi connectivity index (χ1v) is 6.23. The summed E-state index contributed by atoms with van der Waals surface area (Å²) in [6.07, 6.45) is 3.13. The number of methoxy groups -OCH3 is 1. The zero-order valence-corrected chi connectivity index (χ0v) is 11.3. The summed E-state index contributed by atoms with van der Waals surface area (Å²) in [6.45, 7) is 6.08. The van der Waals surface area contributed by atoms with E-state index in [-0.39, 0.29) is 0 Å². The molecule has 0 fully saturated rings. The molecule has 0 atom stereocenters. The van der Waals surface area contributed by atoms with Gasteiger partial charge in [-0.3, -0.25) is 0 Å². The monoisotopic (exact) mass is 244 g/mol. The van der Waals surface area contributed by atoms with E-state index in [4.69, 9.17) is 10.00 Å². The Kier molecular flexibility index (Phi) is 5.96. The second-order valence-corrected chi connectivity index (χ2v) is 4.01. The minimum absolute atomic E-state index is 0.574. The Balaban J connectivity index is 2.96. The first-order chi connectivity index (χ1) is 8.74. The third kappa shape index (κ3) is 3.90. The van der Waals surface area contributed by atoms with Crippen LogP contribution in [0.5, 0.6) is 5.75 Å². The highest BCUT2D eigenvalue weighted by atomic mass is 16.5. The fourth-order valence-electron chi connectivity index (χ4n) is 1.70. The van der Waals surface area contributed by atoms with Gasteiger partial charge in [0.2, 0.25) is 0 Å². The average Bonchev–Trinajstić information content (AvgIpc) is 2.43. The molecule has 0 radical (unpaired) electrons. The van der Waals surface area contributed by atoms with Gasteiger partial charge < -0.3 is 10.1 Å². The van der Waals surface area contributed by atoms with Crippen LogP contribution in [0.1, 0.15) is 31.4 Å². The molecule has 3 nitrogen and oxygen atoms in total. The van der Waals surface area contributed by atoms with E-state index in [1.54, 1.807) is 7.11 Å². The van der Waals surface area contributed by atoms with Crippen LogP contribution in [0.2, 0.25) is 0 Å². The van der Waals surface area contributed by atoms with Gasteiger partial charge in [0.1, 0.15) is 11.8 Å². The normalized spacial score (nSPS) is 11.1. The van der Waals surface area contributed by atoms with Gasteiger partial charge in [-0.25, -0.2) is 0 Å². The summed E-state index contributed by atoms with van der Waals surface area (Å²) in [5, 5.41) is 12.4. The molecule has 0 amide bonds. The number of ether oxygens (including phenoxy) is 1. The molecule has 96 valence electrons. The zero-order chi connectivity index (χ0) is 13.4. The molecule has 1 N–H and O–H groups in total. The van der Waals surface area contributed by atoms with Crippen LogP contribution in [0, 0.1) is 11.3 Å². The van der Waals surface area contributed by atoms with Gasteiger partial charge in [0, 0.05) is 6.54 Å². The topological polar surface area (TPSA) is 45.0 Å². The van der Waals surface area contributed by atoms with Crippen LogP contribution >= 0.6 is 0 Å². The summed E-state index contributed by atoms with van der Waals surface area (Å²) in [5.41, 5.74) is 2.94. The maximum atomic E-state index is 9.04. The zero-order valence-electron chi connectivity index (χ0n) is 11.3. The van der Waals surface area contributed by atoms with Crippen LogP contribution < -0.4 is 10.1 Å². The Morgan fingerprint density at radius 2 is 2.22 bits per heavy atom. The fourth-order valence-corrected chi connectivity index (χ4v) is 1.70. The summed E-state index contributed by atoms with van der Waals surface area (Å²) in [6, 6.07) is 7.82. The molecule has 0 aliphatic heterocycles. The van der Waals surface area contributed by atoms with Gasteiger partial charge in [-0.05, 0) is 30.7 Å². The average molecular weight is 244 g/mol. The van der Waals surface area contributed by atoms with E-state index in [1.807, 2.05) is 18.2 Å². The number of nitrogens with one attached hydrogen (secondary N) is 1. The van der Waals surface area contributed by atoms with Crippen molar-refractivity contribution in [1.29, 1.82) is 5.26 Å². The number of likely N-dealkylation sites (N-methyl/N-ethyl adjacent to an activating group) is 1. The van der Waals surface area contributed by atoms with Crippen molar-refractivity contribution in [1.82, 2.24) is 5.32 Å². The number of nitriles is 1. The van der Waals surface area contributed by atoms with Gasteiger partial charge >= 0.3 is 0 Å². The summed E-state index contributed by atoms with van der Waals surface area (Å²) in [5.74, 6) is 0.624. The molecule has 0 aromatic heterocycles. The van der Waals surface area contributed by atoms with E-state index >= 15 is 0 Å². The lowest BCUT2D eigenvalue weighted by Crippen LogP contribution is -2.15. The van der Waals surface area contributed by atoms with Crippen LogP contribution in [0.15, 0.2) is 23.8 Å². The number of hydrogen-bond donors (Lipinski definition) is 1. The van der Waals surface area contributed by atoms with Gasteiger partial charge in [0.15, 0.2) is 0 Å². The Hall–Kier alpha value is -1.79. The molecule has 0 unspecified atom stereocenters. The molecule has 1 aromatic carbocycles. The maximum Gasteiger partial charge on any atom is 0.136 e. The molecular weight excluding hydrogens is 224 g/mol. The van der Waals surface area contributed by atoms with Crippen molar-refractivity contribution in [3.05, 3.63) is 34.9 Å². The molecule has 0 aliphatic rings. The molecule has 0 spiro atoms. The first-order valence-electron chi connectivity index (χ1n) is 6.23. The predicted octanol–water partition coefficient (Wildman–Crippen LogP) is 2.97. The van der Waals surface area contributed by atoms with Crippen molar-refractivity contribution < 1.29 is 4.74 Å². The van der Waals surface area contributed by atoms with Crippen molar-refractivity contribution in [3.63, 3.8) is 0 Å². The van der Waals surface area contributed by atoms with E-state index in [9.17, 15) is 0 Å². The van der Waals surface area contributed by atoms with Crippen LogP contribution in [0.25, 0.3) is 6.08 Å². The van der Waals surface area contributed by atoms with Crippen LogP contribution in [-0.4, -0.2) is 20.2 Å². The molecule has 3 heteroatoms. The minimum atomic E-state index is 0.574. The summed E-state index contributed by atoms with van der Waals surface area (Å²) >= 11 is 0. The molecule has 0 saturated heterocycles. The lowest BCUT2D eigenvalue weighted by molar-refractivity contribution is 0.413. The van der Waals surface area contributed by atoms with Gasteiger partial charge in [0.25, 0.3) is 0 Å². The highest BCUT2D eigenvalue weighted by molar-refractivity contribution is 5.58. The second kappa shape index (κ2) is 7.52. The smallest absolute Gasteiger partial charge is 0.136 e. The van der Waals surface area contributed by atoms with Crippen molar-refractivity contribution in [2.24, 2.45) is 0 Å². The van der Waals surface area contributed by atoms with Gasteiger partial charge in [-0.2, -0.15) is 5.26 Å². The number of benzene rings is 1. The van der Waals surface area contributed by atoms with E-state index in [0.717, 1.165) is 25.1 Å². The molecule has 0 bridgehead atoms. The molecule has 0 heterocycles. The van der Waals surface area contributed by atoms with Gasteiger partial charge in [0.05, 0.1) is 12.7 Å². The quantitative estimate of drug-likeness (QED) is 0.836. The van der Waals surface area contributed by atoms with Gasteiger partial charge in [-0.1, -0.05) is 31.6 Å². The minimum Gasteiger partial charge on any atom is -0.495 e. The lowest BCUT2D eigenvalue weighted by Gasteiger charge is -2.07. The fraction of sp³-hybridized carbons (Fsp3) is 0.400. The summed E-state index contributed by atoms with van der Waals surface area (Å²) < 4.78 is 5.13. The van der Waals surface area contributed by atoms with Crippen molar-refractivity contribution in [2.75, 3.05) is 20.2 Å². The largest absolute Gasteiger partial charge is 0.495 e. The van der Waals surface area contributed by atoms with Crippen molar-refractivity contribution >= 4 is 6.08 Å². The predicted molar refractivity (Wildman–Crippen MR) is 74.5 cm³/mol. The summed E-state index contributed by atoms with van der Waals surface area (Å²) in [4.78, 5) is 0. The molecular formula is C15H20N2O. The highest BCUT2D eigenvalue weighted by Crippen LogP contribution is 2.20. The third-order valence-corrected chi connectivity index (χ3v) is 2.77. The second-order valence-electron chi connectivity index (χ2n) is 4.01. The lowest BCUT2D eigenvalue weighted by atomic mass is 10.1. The van der Waals surface area contributed by atoms with E-state index in [0.29, 0.717) is 11.3 Å².